The van der Waals surface area contributed by atoms with Gasteiger partial charge in [-0.25, -0.2) is 4.79 Å². The van der Waals surface area contributed by atoms with Gasteiger partial charge in [0.2, 0.25) is 0 Å². The first-order chi connectivity index (χ1) is 8.43. The number of methoxy groups -OCH3 is 1. The van der Waals surface area contributed by atoms with Crippen LogP contribution in [0.3, 0.4) is 0 Å². The Morgan fingerprint density at radius 1 is 1.42 bits per heavy atom. The standard InChI is InChI=1S/C11H11BF3O3.K/c1-17-11(16)10-9-6-8(12(13,14)15)3-2-7(9)4-5-18-10;/h2-3,6,10H,4-5H2,1H3;/q-1;+1. The molecule has 1 aromatic carbocycles. The van der Waals surface area contributed by atoms with E-state index in [0.717, 1.165) is 12.1 Å². The summed E-state index contributed by atoms with van der Waals surface area (Å²) < 4.78 is 47.7. The molecule has 1 atom stereocenters. The van der Waals surface area contributed by atoms with Crippen LogP contribution >= 0.6 is 0 Å². The third-order valence-corrected chi connectivity index (χ3v) is 2.90. The summed E-state index contributed by atoms with van der Waals surface area (Å²) in [7, 11) is 1.18. The molecular weight excluding hydrogens is 287 g/mol. The van der Waals surface area contributed by atoms with Crippen molar-refractivity contribution in [1.29, 1.82) is 0 Å². The molecule has 1 unspecified atom stereocenters. The van der Waals surface area contributed by atoms with Crippen molar-refractivity contribution in [1.82, 2.24) is 0 Å². The maximum atomic E-state index is 12.7. The second kappa shape index (κ2) is 6.73. The van der Waals surface area contributed by atoms with Gasteiger partial charge >= 0.3 is 64.3 Å². The first-order valence-electron chi connectivity index (χ1n) is 5.45. The molecule has 0 radical (unpaired) electrons. The monoisotopic (exact) mass is 298 g/mol. The number of ether oxygens (including phenoxy) is 2. The van der Waals surface area contributed by atoms with Crippen LogP contribution in [0.5, 0.6) is 0 Å². The molecule has 1 aliphatic heterocycles. The maximum absolute atomic E-state index is 12.7. The van der Waals surface area contributed by atoms with Gasteiger partial charge < -0.3 is 22.4 Å². The number of benzene rings is 1. The summed E-state index contributed by atoms with van der Waals surface area (Å²) in [4.78, 5) is 11.5. The molecule has 1 heterocycles. The number of hydrogen-bond donors (Lipinski definition) is 0. The molecule has 0 spiro atoms. The molecule has 19 heavy (non-hydrogen) atoms. The Bertz CT molecular complexity index is 479. The predicted octanol–water partition coefficient (Wildman–Crippen LogP) is -1.47. The molecule has 8 heteroatoms. The van der Waals surface area contributed by atoms with Crippen molar-refractivity contribution in [3.63, 3.8) is 0 Å². The van der Waals surface area contributed by atoms with Crippen LogP contribution in [0.4, 0.5) is 12.9 Å². The zero-order valence-electron chi connectivity index (χ0n) is 10.7. The molecule has 0 amide bonds. The minimum atomic E-state index is -5.08. The number of carbonyl (C=O) groups excluding carboxylic acids is 1. The number of esters is 1. The van der Waals surface area contributed by atoms with Crippen molar-refractivity contribution in [3.8, 4) is 0 Å². The molecule has 0 fully saturated rings. The van der Waals surface area contributed by atoms with Crippen molar-refractivity contribution < 1.29 is 78.6 Å². The molecule has 0 saturated carbocycles. The second-order valence-electron chi connectivity index (χ2n) is 4.06. The van der Waals surface area contributed by atoms with Crippen LogP contribution < -0.4 is 56.8 Å². The van der Waals surface area contributed by atoms with E-state index in [-0.39, 0.29) is 56.9 Å². The molecule has 1 aliphatic rings. The van der Waals surface area contributed by atoms with Crippen molar-refractivity contribution >= 4 is 18.4 Å². The summed E-state index contributed by atoms with van der Waals surface area (Å²) in [5.41, 5.74) is 0.221. The number of hydrogen-bond acceptors (Lipinski definition) is 3. The Labute approximate surface area is 151 Å². The number of halogens is 3. The van der Waals surface area contributed by atoms with Gasteiger partial charge in [0.1, 0.15) is 0 Å². The van der Waals surface area contributed by atoms with Crippen molar-refractivity contribution in [2.75, 3.05) is 13.7 Å². The molecule has 0 aliphatic carbocycles. The van der Waals surface area contributed by atoms with Crippen molar-refractivity contribution in [3.05, 3.63) is 29.3 Å². The number of fused-ring (bicyclic) bond motifs is 1. The van der Waals surface area contributed by atoms with E-state index < -0.39 is 24.5 Å². The fourth-order valence-electron chi connectivity index (χ4n) is 1.97. The van der Waals surface area contributed by atoms with Crippen molar-refractivity contribution in [2.45, 2.75) is 12.5 Å². The van der Waals surface area contributed by atoms with Gasteiger partial charge in [0.05, 0.1) is 13.7 Å². The summed E-state index contributed by atoms with van der Waals surface area (Å²) in [5.74, 6) is -0.678. The van der Waals surface area contributed by atoms with Crippen LogP contribution in [0.2, 0.25) is 0 Å². The van der Waals surface area contributed by atoms with E-state index in [4.69, 9.17) is 4.74 Å². The topological polar surface area (TPSA) is 35.5 Å². The quantitative estimate of drug-likeness (QED) is 0.494. The summed E-state index contributed by atoms with van der Waals surface area (Å²) in [5, 5.41) is 0. The van der Waals surface area contributed by atoms with E-state index in [0.29, 0.717) is 18.6 Å². The van der Waals surface area contributed by atoms with Crippen LogP contribution in [0.1, 0.15) is 17.2 Å². The normalized spacial score (nSPS) is 18.2. The molecular formula is C11H11BF3KO3. The average Bonchev–Trinajstić information content (AvgIpc) is 2.35. The Kier molecular flexibility index (Phi) is 6.09. The van der Waals surface area contributed by atoms with E-state index in [2.05, 4.69) is 4.74 Å². The molecule has 3 nitrogen and oxygen atoms in total. The Morgan fingerprint density at radius 3 is 2.68 bits per heavy atom. The van der Waals surface area contributed by atoms with Crippen molar-refractivity contribution in [2.24, 2.45) is 0 Å². The largest absolute Gasteiger partial charge is 1.00 e. The molecule has 0 bridgehead atoms. The van der Waals surface area contributed by atoms with Crippen LogP contribution in [0.25, 0.3) is 0 Å². The first kappa shape index (κ1) is 17.2. The Balaban J connectivity index is 0.00000180. The van der Waals surface area contributed by atoms with E-state index in [1.165, 1.54) is 13.2 Å². The van der Waals surface area contributed by atoms with Crippen LogP contribution in [0.15, 0.2) is 18.2 Å². The number of rotatable bonds is 2. The maximum Gasteiger partial charge on any atom is 1.00 e. The fraction of sp³-hybridized carbons (Fsp3) is 0.364. The molecule has 2 rings (SSSR count). The molecule has 1 aromatic rings. The minimum Gasteiger partial charge on any atom is -0.467 e. The Morgan fingerprint density at radius 2 is 2.11 bits per heavy atom. The third-order valence-electron chi connectivity index (χ3n) is 2.90. The minimum absolute atomic E-state index is 0. The average molecular weight is 298 g/mol. The van der Waals surface area contributed by atoms with Crippen LogP contribution in [-0.4, -0.2) is 26.7 Å². The zero-order chi connectivity index (χ0) is 13.3. The van der Waals surface area contributed by atoms with E-state index in [1.54, 1.807) is 0 Å². The molecule has 0 saturated heterocycles. The smallest absolute Gasteiger partial charge is 0.467 e. The van der Waals surface area contributed by atoms with E-state index in [9.17, 15) is 17.7 Å². The summed E-state index contributed by atoms with van der Waals surface area (Å²) >= 11 is 0. The van der Waals surface area contributed by atoms with Gasteiger partial charge in [0.25, 0.3) is 0 Å². The van der Waals surface area contributed by atoms with E-state index >= 15 is 0 Å². The number of carbonyl (C=O) groups is 1. The van der Waals surface area contributed by atoms with Gasteiger partial charge in [0.15, 0.2) is 6.10 Å². The van der Waals surface area contributed by atoms with Gasteiger partial charge in [0, 0.05) is 0 Å². The van der Waals surface area contributed by atoms with Gasteiger partial charge in [-0.3, -0.25) is 0 Å². The van der Waals surface area contributed by atoms with Crippen LogP contribution in [-0.2, 0) is 20.7 Å². The summed E-state index contributed by atoms with van der Waals surface area (Å²) in [6.45, 7) is -4.79. The predicted molar refractivity (Wildman–Crippen MR) is 59.6 cm³/mol. The van der Waals surface area contributed by atoms with Gasteiger partial charge in [-0.05, 0) is 17.5 Å². The second-order valence-corrected chi connectivity index (χ2v) is 4.06. The summed E-state index contributed by atoms with van der Waals surface area (Å²) in [6, 6.07) is 3.42. The molecule has 98 valence electrons. The fourth-order valence-corrected chi connectivity index (χ4v) is 1.97. The van der Waals surface area contributed by atoms with Gasteiger partial charge in [-0.1, -0.05) is 18.2 Å². The van der Waals surface area contributed by atoms with E-state index in [1.807, 2.05) is 0 Å². The first-order valence-corrected chi connectivity index (χ1v) is 5.45. The van der Waals surface area contributed by atoms with Crippen LogP contribution in [0, 0.1) is 0 Å². The molecule has 0 N–H and O–H groups in total. The summed E-state index contributed by atoms with van der Waals surface area (Å²) in [6.07, 6.45) is -0.564. The Hall–Kier alpha value is 0.141. The molecule has 0 aromatic heterocycles. The zero-order valence-corrected chi connectivity index (χ0v) is 13.8. The van der Waals surface area contributed by atoms with Gasteiger partial charge in [-0.2, -0.15) is 0 Å². The third kappa shape index (κ3) is 3.83. The SMILES string of the molecule is COC(=O)C1OCCc2ccc([B-](F)(F)F)cc21.[K+]. The van der Waals surface area contributed by atoms with Gasteiger partial charge in [-0.15, -0.1) is 5.46 Å².